The molecular formula is C20H19N5O2S2. The maximum atomic E-state index is 12.4. The zero-order chi connectivity index (χ0) is 20.4. The molecule has 3 aromatic heterocycles. The minimum absolute atomic E-state index is 0.0222. The number of benzene rings is 1. The molecule has 0 radical (unpaired) electrons. The van der Waals surface area contributed by atoms with Crippen LogP contribution in [-0.4, -0.2) is 44.5 Å². The molecule has 3 heterocycles. The molecule has 1 aromatic carbocycles. The predicted octanol–water partition coefficient (Wildman–Crippen LogP) is 3.37. The van der Waals surface area contributed by atoms with Crippen LogP contribution < -0.4 is 0 Å². The predicted molar refractivity (Wildman–Crippen MR) is 113 cm³/mol. The largest absolute Gasteiger partial charge is 0.236 e. The van der Waals surface area contributed by atoms with E-state index < -0.39 is 9.84 Å². The Morgan fingerprint density at radius 1 is 1.07 bits per heavy atom. The second-order valence-electron chi connectivity index (χ2n) is 6.52. The highest BCUT2D eigenvalue weighted by atomic mass is 32.2. The summed E-state index contributed by atoms with van der Waals surface area (Å²) in [5.74, 6) is 0.393. The summed E-state index contributed by atoms with van der Waals surface area (Å²) in [5, 5.41) is 5.00. The highest BCUT2D eigenvalue weighted by Gasteiger charge is 2.15. The van der Waals surface area contributed by atoms with Crippen molar-refractivity contribution in [2.45, 2.75) is 23.9 Å². The summed E-state index contributed by atoms with van der Waals surface area (Å²) in [5.41, 5.74) is 4.22. The van der Waals surface area contributed by atoms with Crippen molar-refractivity contribution >= 4 is 27.2 Å². The first-order valence-corrected chi connectivity index (χ1v) is 11.6. The fraction of sp³-hybridized carbons (Fsp3) is 0.200. The number of nitrogens with zero attached hydrogens (tertiary/aromatic N) is 5. The highest BCUT2D eigenvalue weighted by Crippen LogP contribution is 2.24. The minimum Gasteiger partial charge on any atom is -0.236 e. The Hall–Kier alpha value is -2.78. The SMILES string of the molecule is Cc1cc2ncc(-c3ccnc(SCCS(=O)(=O)c4ccccc4)n3)c(C)n2n1. The van der Waals surface area contributed by atoms with E-state index in [2.05, 4.69) is 20.1 Å². The van der Waals surface area contributed by atoms with Gasteiger partial charge in [-0.3, -0.25) is 0 Å². The number of hydrogen-bond donors (Lipinski definition) is 0. The number of aryl methyl sites for hydroxylation is 2. The zero-order valence-corrected chi connectivity index (χ0v) is 17.6. The first kappa shape index (κ1) is 19.5. The van der Waals surface area contributed by atoms with Crippen molar-refractivity contribution in [2.75, 3.05) is 11.5 Å². The van der Waals surface area contributed by atoms with Crippen LogP contribution in [0.1, 0.15) is 11.4 Å². The molecule has 0 aliphatic carbocycles. The van der Waals surface area contributed by atoms with Gasteiger partial charge in [0.25, 0.3) is 0 Å². The number of rotatable bonds is 6. The molecule has 148 valence electrons. The van der Waals surface area contributed by atoms with Crippen molar-refractivity contribution in [2.24, 2.45) is 0 Å². The lowest BCUT2D eigenvalue weighted by Crippen LogP contribution is -2.09. The van der Waals surface area contributed by atoms with Gasteiger partial charge in [-0.2, -0.15) is 5.10 Å². The van der Waals surface area contributed by atoms with Gasteiger partial charge in [-0.1, -0.05) is 30.0 Å². The lowest BCUT2D eigenvalue weighted by molar-refractivity contribution is 0.597. The summed E-state index contributed by atoms with van der Waals surface area (Å²) in [6.07, 6.45) is 3.46. The first-order valence-electron chi connectivity index (χ1n) is 9.00. The molecule has 9 heteroatoms. The molecule has 0 N–H and O–H groups in total. The summed E-state index contributed by atoms with van der Waals surface area (Å²) in [4.78, 5) is 13.6. The quantitative estimate of drug-likeness (QED) is 0.345. The van der Waals surface area contributed by atoms with Gasteiger partial charge in [0.1, 0.15) is 0 Å². The fourth-order valence-corrected chi connectivity index (χ4v) is 5.46. The van der Waals surface area contributed by atoms with Crippen molar-refractivity contribution in [3.05, 3.63) is 66.2 Å². The lowest BCUT2D eigenvalue weighted by Gasteiger charge is -2.08. The van der Waals surface area contributed by atoms with E-state index in [1.165, 1.54) is 11.8 Å². The van der Waals surface area contributed by atoms with Gasteiger partial charge in [0.15, 0.2) is 20.6 Å². The Morgan fingerprint density at radius 3 is 2.66 bits per heavy atom. The van der Waals surface area contributed by atoms with Crippen LogP contribution in [0.25, 0.3) is 16.9 Å². The van der Waals surface area contributed by atoms with Crippen molar-refractivity contribution in [1.29, 1.82) is 0 Å². The van der Waals surface area contributed by atoms with E-state index in [1.54, 1.807) is 47.2 Å². The summed E-state index contributed by atoms with van der Waals surface area (Å²) in [6.45, 7) is 3.90. The molecule has 0 aliphatic heterocycles. The van der Waals surface area contributed by atoms with Gasteiger partial charge >= 0.3 is 0 Å². The summed E-state index contributed by atoms with van der Waals surface area (Å²) in [6, 6.07) is 12.2. The Kier molecular flexibility index (Phi) is 5.33. The summed E-state index contributed by atoms with van der Waals surface area (Å²) in [7, 11) is -3.32. The molecule has 0 aliphatic rings. The molecule has 7 nitrogen and oxygen atoms in total. The monoisotopic (exact) mass is 425 g/mol. The van der Waals surface area contributed by atoms with Crippen molar-refractivity contribution in [3.8, 4) is 11.3 Å². The van der Waals surface area contributed by atoms with Crippen molar-refractivity contribution in [1.82, 2.24) is 24.6 Å². The maximum absolute atomic E-state index is 12.4. The van der Waals surface area contributed by atoms with E-state index in [-0.39, 0.29) is 5.75 Å². The molecule has 0 amide bonds. The minimum atomic E-state index is -3.32. The molecule has 29 heavy (non-hydrogen) atoms. The Bertz CT molecular complexity index is 1270. The van der Waals surface area contributed by atoms with E-state index in [0.717, 1.165) is 28.3 Å². The molecule has 0 fully saturated rings. The number of thioether (sulfide) groups is 1. The van der Waals surface area contributed by atoms with E-state index >= 15 is 0 Å². The second-order valence-corrected chi connectivity index (χ2v) is 9.69. The van der Waals surface area contributed by atoms with Gasteiger partial charge in [-0.15, -0.1) is 0 Å². The normalized spacial score (nSPS) is 11.8. The van der Waals surface area contributed by atoms with Gasteiger partial charge in [-0.25, -0.2) is 27.9 Å². The lowest BCUT2D eigenvalue weighted by atomic mass is 10.2. The van der Waals surface area contributed by atoms with Gasteiger partial charge in [0.05, 0.1) is 27.7 Å². The topological polar surface area (TPSA) is 90.1 Å². The van der Waals surface area contributed by atoms with Crippen molar-refractivity contribution < 1.29 is 8.42 Å². The van der Waals surface area contributed by atoms with Crippen LogP contribution >= 0.6 is 11.8 Å². The number of sulfone groups is 1. The van der Waals surface area contributed by atoms with Gasteiger partial charge in [0, 0.05) is 29.8 Å². The van der Waals surface area contributed by atoms with E-state index in [0.29, 0.717) is 15.8 Å². The first-order chi connectivity index (χ1) is 13.9. The maximum Gasteiger partial charge on any atom is 0.188 e. The molecule has 0 spiro atoms. The Labute approximate surface area is 173 Å². The van der Waals surface area contributed by atoms with Crippen LogP contribution in [0, 0.1) is 13.8 Å². The molecule has 0 unspecified atom stereocenters. The van der Waals surface area contributed by atoms with Crippen LogP contribution in [-0.2, 0) is 9.84 Å². The van der Waals surface area contributed by atoms with Crippen LogP contribution in [0.15, 0.2) is 64.9 Å². The zero-order valence-electron chi connectivity index (χ0n) is 16.0. The average molecular weight is 426 g/mol. The van der Waals surface area contributed by atoms with Gasteiger partial charge in [0.2, 0.25) is 0 Å². The van der Waals surface area contributed by atoms with Crippen molar-refractivity contribution in [3.63, 3.8) is 0 Å². The Balaban J connectivity index is 1.52. The third kappa shape index (κ3) is 4.15. The average Bonchev–Trinajstić information content (AvgIpc) is 3.10. The molecule has 4 rings (SSSR count). The van der Waals surface area contributed by atoms with Gasteiger partial charge < -0.3 is 0 Å². The van der Waals surface area contributed by atoms with Gasteiger partial charge in [-0.05, 0) is 32.0 Å². The second kappa shape index (κ2) is 7.92. The number of aromatic nitrogens is 5. The molecule has 0 saturated heterocycles. The van der Waals surface area contributed by atoms with Crippen LogP contribution in [0.3, 0.4) is 0 Å². The third-order valence-corrected chi connectivity index (χ3v) is 7.29. The highest BCUT2D eigenvalue weighted by molar-refractivity contribution is 8.00. The standard InChI is InChI=1S/C20H19N5O2S2/c1-14-12-19-22-13-17(15(2)25(19)24-14)18-8-9-21-20(23-18)28-10-11-29(26,27)16-6-4-3-5-7-16/h3-9,12-13H,10-11H2,1-2H3. The van der Waals surface area contributed by atoms with E-state index in [4.69, 9.17) is 0 Å². The van der Waals surface area contributed by atoms with Crippen LogP contribution in [0.2, 0.25) is 0 Å². The third-order valence-electron chi connectivity index (χ3n) is 4.44. The molecular weight excluding hydrogens is 406 g/mol. The molecule has 0 saturated carbocycles. The fourth-order valence-electron chi connectivity index (χ4n) is 2.96. The van der Waals surface area contributed by atoms with Crippen LogP contribution in [0.5, 0.6) is 0 Å². The smallest absolute Gasteiger partial charge is 0.188 e. The number of fused-ring (bicyclic) bond motifs is 1. The van der Waals surface area contributed by atoms with E-state index in [1.807, 2.05) is 26.0 Å². The summed E-state index contributed by atoms with van der Waals surface area (Å²) >= 11 is 1.32. The van der Waals surface area contributed by atoms with E-state index in [9.17, 15) is 8.42 Å². The molecule has 0 bridgehead atoms. The summed E-state index contributed by atoms with van der Waals surface area (Å²) < 4.78 is 26.6. The number of hydrogen-bond acceptors (Lipinski definition) is 7. The molecule has 4 aromatic rings. The molecule has 0 atom stereocenters. The Morgan fingerprint density at radius 2 is 1.86 bits per heavy atom. The van der Waals surface area contributed by atoms with Crippen LogP contribution in [0.4, 0.5) is 0 Å².